The molecule has 1 aromatic rings. The molecular formula is C22H28FN3O2. The molecule has 2 aliphatic heterocycles. The van der Waals surface area contributed by atoms with Crippen molar-refractivity contribution in [2.24, 2.45) is 5.16 Å². The molecule has 150 valence electrons. The maximum Gasteiger partial charge on any atom is 0.281 e. The Hall–Kier alpha value is -2.21. The summed E-state index contributed by atoms with van der Waals surface area (Å²) in [5.74, 6) is -0.759. The van der Waals surface area contributed by atoms with Gasteiger partial charge in [-0.3, -0.25) is 4.79 Å². The predicted molar refractivity (Wildman–Crippen MR) is 107 cm³/mol. The van der Waals surface area contributed by atoms with Gasteiger partial charge in [0.1, 0.15) is 5.82 Å². The minimum atomic E-state index is -0.433. The average molecular weight is 385 g/mol. The third-order valence-electron chi connectivity index (χ3n) is 6.64. The Balaban J connectivity index is 1.43. The fourth-order valence-corrected chi connectivity index (χ4v) is 5.03. The number of allylic oxidation sites excluding steroid dienone is 2. The molecule has 1 saturated carbocycles. The highest BCUT2D eigenvalue weighted by atomic mass is 19.1. The van der Waals surface area contributed by atoms with Crippen molar-refractivity contribution in [3.63, 3.8) is 0 Å². The summed E-state index contributed by atoms with van der Waals surface area (Å²) in [4.78, 5) is 17.1. The van der Waals surface area contributed by atoms with Crippen LogP contribution < -0.4 is 4.90 Å². The van der Waals surface area contributed by atoms with Crippen LogP contribution in [0.3, 0.4) is 0 Å². The van der Waals surface area contributed by atoms with Gasteiger partial charge in [0.25, 0.3) is 5.91 Å². The van der Waals surface area contributed by atoms with E-state index in [0.717, 1.165) is 25.9 Å². The number of piperidine rings is 1. The summed E-state index contributed by atoms with van der Waals surface area (Å²) in [5.41, 5.74) is 4.08. The Morgan fingerprint density at radius 1 is 1.11 bits per heavy atom. The highest BCUT2D eigenvalue weighted by Gasteiger charge is 2.40. The van der Waals surface area contributed by atoms with E-state index in [2.05, 4.69) is 23.9 Å². The monoisotopic (exact) mass is 385 g/mol. The Labute approximate surface area is 165 Å². The van der Waals surface area contributed by atoms with Crippen molar-refractivity contribution in [1.29, 1.82) is 0 Å². The van der Waals surface area contributed by atoms with Gasteiger partial charge >= 0.3 is 0 Å². The van der Waals surface area contributed by atoms with Crippen LogP contribution in [0.1, 0.15) is 57.9 Å². The van der Waals surface area contributed by atoms with E-state index in [0.29, 0.717) is 17.3 Å². The Morgan fingerprint density at radius 3 is 2.39 bits per heavy atom. The van der Waals surface area contributed by atoms with E-state index in [9.17, 15) is 14.4 Å². The number of carbonyl (C=O) groups excluding carboxylic acids is 1. The molecule has 6 heteroatoms. The van der Waals surface area contributed by atoms with Crippen LogP contribution in [0, 0.1) is 5.82 Å². The van der Waals surface area contributed by atoms with Gasteiger partial charge in [-0.1, -0.05) is 16.3 Å². The van der Waals surface area contributed by atoms with Crippen LogP contribution in [0.15, 0.2) is 34.5 Å². The minimum Gasteiger partial charge on any atom is -0.410 e. The van der Waals surface area contributed by atoms with Crippen LogP contribution in [0.25, 0.3) is 0 Å². The molecular weight excluding hydrogens is 357 g/mol. The molecule has 0 unspecified atom stereocenters. The summed E-state index contributed by atoms with van der Waals surface area (Å²) >= 11 is 0. The van der Waals surface area contributed by atoms with Gasteiger partial charge in [-0.15, -0.1) is 0 Å². The van der Waals surface area contributed by atoms with Crippen LogP contribution in [0.2, 0.25) is 0 Å². The normalized spacial score (nSPS) is 25.5. The SMILES string of the molecule is CC(C)=C1CCC(N2CCC(N3C(=O)C(=NO)c4cc(F)ccc43)CC2)CC1. The fourth-order valence-electron chi connectivity index (χ4n) is 5.03. The third-order valence-corrected chi connectivity index (χ3v) is 6.64. The number of hydrogen-bond acceptors (Lipinski definition) is 4. The van der Waals surface area contributed by atoms with Gasteiger partial charge in [0.05, 0.1) is 5.69 Å². The number of anilines is 1. The smallest absolute Gasteiger partial charge is 0.281 e. The highest BCUT2D eigenvalue weighted by molar-refractivity contribution is 6.54. The molecule has 5 nitrogen and oxygen atoms in total. The van der Waals surface area contributed by atoms with Crippen LogP contribution in [0.4, 0.5) is 10.1 Å². The molecule has 0 bridgehead atoms. The van der Waals surface area contributed by atoms with Crippen LogP contribution in [-0.4, -0.2) is 46.9 Å². The van der Waals surface area contributed by atoms with Gasteiger partial charge in [-0.05, 0) is 70.6 Å². The summed E-state index contributed by atoms with van der Waals surface area (Å²) in [6, 6.07) is 4.95. The number of amides is 1. The number of oxime groups is 1. The van der Waals surface area contributed by atoms with E-state index in [-0.39, 0.29) is 17.7 Å². The van der Waals surface area contributed by atoms with Crippen molar-refractivity contribution in [3.05, 3.63) is 40.7 Å². The van der Waals surface area contributed by atoms with Crippen molar-refractivity contribution in [2.45, 2.75) is 64.5 Å². The number of fused-ring (bicyclic) bond motifs is 1. The van der Waals surface area contributed by atoms with Crippen molar-refractivity contribution >= 4 is 17.3 Å². The molecule has 1 saturated heterocycles. The molecule has 1 N–H and O–H groups in total. The summed E-state index contributed by atoms with van der Waals surface area (Å²) < 4.78 is 13.6. The number of nitrogens with zero attached hydrogens (tertiary/aromatic N) is 3. The standard InChI is InChI=1S/C22H28FN3O2/c1-14(2)15-3-6-17(7-4-15)25-11-9-18(10-12-25)26-20-8-5-16(23)13-19(20)21(24-28)22(26)27/h5,8,13,17-18,28H,3-4,6-7,9-12H2,1-2H3. The third kappa shape index (κ3) is 3.34. The molecule has 2 heterocycles. The Morgan fingerprint density at radius 2 is 1.79 bits per heavy atom. The summed E-state index contributed by atoms with van der Waals surface area (Å²) in [6.45, 7) is 6.35. The van der Waals surface area contributed by atoms with Crippen molar-refractivity contribution in [2.75, 3.05) is 18.0 Å². The second-order valence-electron chi connectivity index (χ2n) is 8.39. The number of rotatable bonds is 2. The van der Waals surface area contributed by atoms with Gasteiger partial charge in [0.2, 0.25) is 0 Å². The van der Waals surface area contributed by atoms with E-state index >= 15 is 0 Å². The molecule has 2 fully saturated rings. The second-order valence-corrected chi connectivity index (χ2v) is 8.39. The van der Waals surface area contributed by atoms with E-state index in [1.54, 1.807) is 16.5 Å². The molecule has 4 rings (SSSR count). The fraction of sp³-hybridized carbons (Fsp3) is 0.545. The lowest BCUT2D eigenvalue weighted by atomic mass is 9.86. The van der Waals surface area contributed by atoms with Gasteiger partial charge in [0, 0.05) is 30.7 Å². The number of benzene rings is 1. The largest absolute Gasteiger partial charge is 0.410 e. The van der Waals surface area contributed by atoms with Gasteiger partial charge in [-0.2, -0.15) is 0 Å². The van der Waals surface area contributed by atoms with E-state index in [1.807, 2.05) is 0 Å². The Bertz CT molecular complexity index is 826. The lowest BCUT2D eigenvalue weighted by Gasteiger charge is -2.42. The molecule has 3 aliphatic rings. The average Bonchev–Trinajstić information content (AvgIpc) is 2.98. The molecule has 1 amide bonds. The molecule has 0 aromatic heterocycles. The zero-order chi connectivity index (χ0) is 19.8. The highest BCUT2D eigenvalue weighted by Crippen LogP contribution is 2.36. The number of carbonyl (C=O) groups is 1. The van der Waals surface area contributed by atoms with Gasteiger partial charge < -0.3 is 15.0 Å². The molecule has 1 aromatic carbocycles. The molecule has 1 aliphatic carbocycles. The molecule has 28 heavy (non-hydrogen) atoms. The van der Waals surface area contributed by atoms with E-state index in [4.69, 9.17) is 0 Å². The molecule has 0 spiro atoms. The minimum absolute atomic E-state index is 0.0570. The number of hydrogen-bond donors (Lipinski definition) is 1. The molecule has 0 atom stereocenters. The second kappa shape index (κ2) is 7.66. The summed E-state index contributed by atoms with van der Waals surface area (Å²) in [5, 5.41) is 12.4. The van der Waals surface area contributed by atoms with E-state index < -0.39 is 5.82 Å². The first-order valence-electron chi connectivity index (χ1n) is 10.2. The molecule has 0 radical (unpaired) electrons. The summed E-state index contributed by atoms with van der Waals surface area (Å²) in [7, 11) is 0. The quantitative estimate of drug-likeness (QED) is 0.474. The van der Waals surface area contributed by atoms with Gasteiger partial charge in [0.15, 0.2) is 5.71 Å². The zero-order valence-electron chi connectivity index (χ0n) is 16.6. The van der Waals surface area contributed by atoms with Crippen LogP contribution in [0.5, 0.6) is 0 Å². The van der Waals surface area contributed by atoms with Crippen molar-refractivity contribution in [3.8, 4) is 0 Å². The zero-order valence-corrected chi connectivity index (χ0v) is 16.6. The van der Waals surface area contributed by atoms with Crippen LogP contribution >= 0.6 is 0 Å². The van der Waals surface area contributed by atoms with Crippen molar-refractivity contribution in [1.82, 2.24) is 4.90 Å². The van der Waals surface area contributed by atoms with Crippen LogP contribution in [-0.2, 0) is 4.79 Å². The lowest BCUT2D eigenvalue weighted by molar-refractivity contribution is -0.113. The topological polar surface area (TPSA) is 56.1 Å². The Kier molecular flexibility index (Phi) is 5.23. The first kappa shape index (κ1) is 19.1. The van der Waals surface area contributed by atoms with Crippen molar-refractivity contribution < 1.29 is 14.4 Å². The lowest BCUT2D eigenvalue weighted by Crippen LogP contribution is -2.50. The summed E-state index contributed by atoms with van der Waals surface area (Å²) in [6.07, 6.45) is 6.61. The van der Waals surface area contributed by atoms with E-state index in [1.165, 1.54) is 43.4 Å². The maximum absolute atomic E-state index is 13.6. The first-order chi connectivity index (χ1) is 13.5. The predicted octanol–water partition coefficient (Wildman–Crippen LogP) is 4.09. The van der Waals surface area contributed by atoms with Gasteiger partial charge in [-0.25, -0.2) is 4.39 Å². The number of likely N-dealkylation sites (tertiary alicyclic amines) is 1. The number of halogens is 1. The maximum atomic E-state index is 13.6. The first-order valence-corrected chi connectivity index (χ1v) is 10.2.